The average Bonchev–Trinajstić information content (AvgIpc) is 2.93. The SMILES string of the molecule is O=C(C(F)=CC(F)F)N1CCC(c2cccc3c2CC(c2ccc(Oc4ccccc4)cc2)CC3)CC1. The van der Waals surface area contributed by atoms with Gasteiger partial charge < -0.3 is 9.64 Å². The second kappa shape index (κ2) is 11.2. The number of alkyl halides is 2. The Labute approximate surface area is 215 Å². The summed E-state index contributed by atoms with van der Waals surface area (Å²) in [4.78, 5) is 13.5. The van der Waals surface area contributed by atoms with Crippen LogP contribution in [-0.4, -0.2) is 30.3 Å². The second-order valence-corrected chi connectivity index (χ2v) is 9.82. The summed E-state index contributed by atoms with van der Waals surface area (Å²) in [6.07, 6.45) is 1.55. The molecule has 192 valence electrons. The highest BCUT2D eigenvalue weighted by Gasteiger charge is 2.30. The van der Waals surface area contributed by atoms with E-state index >= 15 is 0 Å². The molecule has 1 fully saturated rings. The Bertz CT molecular complexity index is 1250. The molecule has 2 aliphatic rings. The molecule has 1 aliphatic heterocycles. The maximum absolute atomic E-state index is 13.8. The molecular formula is C31H30F3NO2. The second-order valence-electron chi connectivity index (χ2n) is 9.82. The fourth-order valence-electron chi connectivity index (χ4n) is 5.64. The van der Waals surface area contributed by atoms with E-state index in [9.17, 15) is 18.0 Å². The first-order valence-electron chi connectivity index (χ1n) is 12.9. The van der Waals surface area contributed by atoms with E-state index in [0.29, 0.717) is 31.8 Å². The summed E-state index contributed by atoms with van der Waals surface area (Å²) in [7, 11) is 0. The number of piperidine rings is 1. The molecule has 1 saturated heterocycles. The monoisotopic (exact) mass is 505 g/mol. The molecule has 3 aromatic carbocycles. The third-order valence-corrected chi connectivity index (χ3v) is 7.55. The molecule has 5 rings (SSSR count). The van der Waals surface area contributed by atoms with Crippen molar-refractivity contribution in [3.05, 3.63) is 107 Å². The van der Waals surface area contributed by atoms with Crippen LogP contribution in [0.15, 0.2) is 84.7 Å². The molecule has 0 N–H and O–H groups in total. The van der Waals surface area contributed by atoms with Crippen LogP contribution in [0.4, 0.5) is 13.2 Å². The van der Waals surface area contributed by atoms with Crippen LogP contribution < -0.4 is 4.74 Å². The predicted molar refractivity (Wildman–Crippen MR) is 138 cm³/mol. The number of para-hydroxylation sites is 1. The van der Waals surface area contributed by atoms with Crippen molar-refractivity contribution in [3.8, 4) is 11.5 Å². The predicted octanol–water partition coefficient (Wildman–Crippen LogP) is 7.58. The van der Waals surface area contributed by atoms with Crippen LogP contribution in [-0.2, 0) is 17.6 Å². The Hall–Kier alpha value is -3.54. The molecule has 1 atom stereocenters. The van der Waals surface area contributed by atoms with E-state index in [2.05, 4.69) is 30.3 Å². The van der Waals surface area contributed by atoms with Crippen molar-refractivity contribution < 1.29 is 22.7 Å². The molecule has 1 amide bonds. The summed E-state index contributed by atoms with van der Waals surface area (Å²) in [6.45, 7) is 0.730. The van der Waals surface area contributed by atoms with Crippen molar-refractivity contribution in [2.75, 3.05) is 13.1 Å². The van der Waals surface area contributed by atoms with E-state index in [4.69, 9.17) is 4.74 Å². The van der Waals surface area contributed by atoms with Gasteiger partial charge in [0.1, 0.15) is 11.5 Å². The fraction of sp³-hybridized carbons (Fsp3) is 0.323. The molecule has 3 aromatic rings. The number of likely N-dealkylation sites (tertiary alicyclic amines) is 1. The van der Waals surface area contributed by atoms with E-state index < -0.39 is 18.2 Å². The van der Waals surface area contributed by atoms with Crippen molar-refractivity contribution in [3.63, 3.8) is 0 Å². The van der Waals surface area contributed by atoms with Crippen LogP contribution in [0, 0.1) is 0 Å². The Morgan fingerprint density at radius 3 is 2.27 bits per heavy atom. The number of nitrogens with zero attached hydrogens (tertiary/aromatic N) is 1. The van der Waals surface area contributed by atoms with Crippen LogP contribution in [0.3, 0.4) is 0 Å². The quantitative estimate of drug-likeness (QED) is 0.323. The Morgan fingerprint density at radius 1 is 0.865 bits per heavy atom. The minimum absolute atomic E-state index is 0.0858. The highest BCUT2D eigenvalue weighted by atomic mass is 19.3. The van der Waals surface area contributed by atoms with Crippen molar-refractivity contribution in [1.29, 1.82) is 0 Å². The largest absolute Gasteiger partial charge is 0.457 e. The number of aryl methyl sites for hydroxylation is 1. The third-order valence-electron chi connectivity index (χ3n) is 7.55. The summed E-state index contributed by atoms with van der Waals surface area (Å²) in [5.41, 5.74) is 5.36. The van der Waals surface area contributed by atoms with Crippen molar-refractivity contribution >= 4 is 5.91 Å². The summed E-state index contributed by atoms with van der Waals surface area (Å²) < 4.78 is 44.6. The minimum atomic E-state index is -2.97. The topological polar surface area (TPSA) is 29.5 Å². The number of carbonyl (C=O) groups is 1. The smallest absolute Gasteiger partial charge is 0.282 e. The number of hydrogen-bond acceptors (Lipinski definition) is 2. The molecule has 3 nitrogen and oxygen atoms in total. The zero-order chi connectivity index (χ0) is 25.8. The van der Waals surface area contributed by atoms with Gasteiger partial charge in [-0.15, -0.1) is 0 Å². The first-order chi connectivity index (χ1) is 18.0. The lowest BCUT2D eigenvalue weighted by atomic mass is 9.75. The Morgan fingerprint density at radius 2 is 1.57 bits per heavy atom. The van der Waals surface area contributed by atoms with Gasteiger partial charge in [-0.05, 0) is 90.5 Å². The fourth-order valence-corrected chi connectivity index (χ4v) is 5.64. The molecular weight excluding hydrogens is 475 g/mol. The zero-order valence-corrected chi connectivity index (χ0v) is 20.6. The number of ether oxygens (including phenoxy) is 1. The molecule has 1 unspecified atom stereocenters. The van der Waals surface area contributed by atoms with Crippen molar-refractivity contribution in [1.82, 2.24) is 4.90 Å². The van der Waals surface area contributed by atoms with Crippen molar-refractivity contribution in [2.24, 2.45) is 0 Å². The minimum Gasteiger partial charge on any atom is -0.457 e. The maximum Gasteiger partial charge on any atom is 0.282 e. The lowest BCUT2D eigenvalue weighted by molar-refractivity contribution is -0.129. The molecule has 37 heavy (non-hydrogen) atoms. The number of allylic oxidation sites excluding steroid dienone is 1. The number of carbonyl (C=O) groups excluding carboxylic acids is 1. The lowest BCUT2D eigenvalue weighted by Gasteiger charge is -2.35. The normalized spacial score (nSPS) is 18.5. The van der Waals surface area contributed by atoms with Crippen LogP contribution >= 0.6 is 0 Å². The summed E-state index contributed by atoms with van der Waals surface area (Å²) in [5, 5.41) is 0. The van der Waals surface area contributed by atoms with Gasteiger partial charge in [0.25, 0.3) is 12.3 Å². The molecule has 0 spiro atoms. The molecule has 0 bridgehead atoms. The van der Waals surface area contributed by atoms with Gasteiger partial charge in [0.15, 0.2) is 5.83 Å². The number of rotatable bonds is 6. The summed E-state index contributed by atoms with van der Waals surface area (Å²) in [5.74, 6) is -0.00150. The van der Waals surface area contributed by atoms with Crippen molar-refractivity contribution in [2.45, 2.75) is 50.4 Å². The van der Waals surface area contributed by atoms with E-state index in [-0.39, 0.29) is 12.0 Å². The summed E-state index contributed by atoms with van der Waals surface area (Å²) in [6, 6.07) is 24.6. The number of fused-ring (bicyclic) bond motifs is 1. The summed E-state index contributed by atoms with van der Waals surface area (Å²) >= 11 is 0. The first kappa shape index (κ1) is 25.1. The number of amides is 1. The van der Waals surface area contributed by atoms with Gasteiger partial charge in [-0.1, -0.05) is 48.5 Å². The number of benzene rings is 3. The molecule has 0 saturated carbocycles. The average molecular weight is 506 g/mol. The third kappa shape index (κ3) is 5.90. The molecule has 1 heterocycles. The highest BCUT2D eigenvalue weighted by molar-refractivity contribution is 5.91. The zero-order valence-electron chi connectivity index (χ0n) is 20.6. The van der Waals surface area contributed by atoms with Crippen LogP contribution in [0.25, 0.3) is 0 Å². The van der Waals surface area contributed by atoms with Gasteiger partial charge in [-0.25, -0.2) is 13.2 Å². The molecule has 1 aliphatic carbocycles. The van der Waals surface area contributed by atoms with Crippen LogP contribution in [0.2, 0.25) is 0 Å². The maximum atomic E-state index is 13.8. The van der Waals surface area contributed by atoms with E-state index in [0.717, 1.165) is 30.8 Å². The van der Waals surface area contributed by atoms with Gasteiger partial charge in [0, 0.05) is 19.2 Å². The Balaban J connectivity index is 1.26. The van der Waals surface area contributed by atoms with Gasteiger partial charge in [0.05, 0.1) is 0 Å². The lowest BCUT2D eigenvalue weighted by Crippen LogP contribution is -2.38. The number of halogens is 3. The van der Waals surface area contributed by atoms with Crippen LogP contribution in [0.1, 0.15) is 53.4 Å². The Kier molecular flexibility index (Phi) is 7.63. The van der Waals surface area contributed by atoms with E-state index in [1.807, 2.05) is 42.5 Å². The van der Waals surface area contributed by atoms with E-state index in [1.165, 1.54) is 27.2 Å². The van der Waals surface area contributed by atoms with Crippen LogP contribution in [0.5, 0.6) is 11.5 Å². The first-order valence-corrected chi connectivity index (χ1v) is 12.9. The van der Waals surface area contributed by atoms with Gasteiger partial charge in [-0.3, -0.25) is 4.79 Å². The molecule has 6 heteroatoms. The van der Waals surface area contributed by atoms with Gasteiger partial charge in [0.2, 0.25) is 0 Å². The number of hydrogen-bond donors (Lipinski definition) is 0. The van der Waals surface area contributed by atoms with Gasteiger partial charge >= 0.3 is 0 Å². The van der Waals surface area contributed by atoms with Gasteiger partial charge in [-0.2, -0.15) is 0 Å². The molecule has 0 radical (unpaired) electrons. The highest BCUT2D eigenvalue weighted by Crippen LogP contribution is 2.40. The van der Waals surface area contributed by atoms with E-state index in [1.54, 1.807) is 0 Å². The standard InChI is InChI=1S/C31H30F3NO2/c32-29(20-30(33)34)31(36)35-17-15-23(16-18-35)27-8-4-5-22-9-10-24(19-28(22)27)21-11-13-26(14-12-21)37-25-6-2-1-3-7-25/h1-8,11-14,20,23-24,30H,9-10,15-19H2. The molecule has 0 aromatic heterocycles.